The third-order valence-electron chi connectivity index (χ3n) is 2.92. The van der Waals surface area contributed by atoms with Crippen LogP contribution in [0.5, 0.6) is 0 Å². The fourth-order valence-electron chi connectivity index (χ4n) is 2.03. The van der Waals surface area contributed by atoms with E-state index in [1.165, 1.54) is 16.7 Å². The van der Waals surface area contributed by atoms with Crippen molar-refractivity contribution >= 4 is 5.69 Å². The Hall–Kier alpha value is -1.02. The third kappa shape index (κ3) is 1.42. The van der Waals surface area contributed by atoms with E-state index < -0.39 is 0 Å². The molecule has 0 radical (unpaired) electrons. The second-order valence-corrected chi connectivity index (χ2v) is 3.94. The fourth-order valence-corrected chi connectivity index (χ4v) is 2.03. The predicted molar refractivity (Wildman–Crippen MR) is 55.6 cm³/mol. The Morgan fingerprint density at radius 3 is 2.92 bits per heavy atom. The second kappa shape index (κ2) is 3.04. The maximum Gasteiger partial charge on any atom is 0.0379 e. The van der Waals surface area contributed by atoms with E-state index in [9.17, 15) is 0 Å². The van der Waals surface area contributed by atoms with E-state index >= 15 is 0 Å². The first-order valence-electron chi connectivity index (χ1n) is 4.81. The average molecular weight is 176 g/mol. The quantitative estimate of drug-likeness (QED) is 0.587. The molecule has 2 rings (SSSR count). The van der Waals surface area contributed by atoms with Gasteiger partial charge < -0.3 is 11.5 Å². The standard InChI is InChI=1S/C11H16N2/c1-7-2-3-8-6-9(12)4-5-10(8)11(7)13/h2-3,9H,4-6,12-13H2,1H3. The number of hydrogen-bond donors (Lipinski definition) is 2. The van der Waals surface area contributed by atoms with E-state index in [0.29, 0.717) is 6.04 Å². The number of nitrogen functional groups attached to an aromatic ring is 1. The molecule has 1 aliphatic rings. The largest absolute Gasteiger partial charge is 0.398 e. The van der Waals surface area contributed by atoms with Crippen molar-refractivity contribution in [3.8, 4) is 0 Å². The topological polar surface area (TPSA) is 52.0 Å². The summed E-state index contributed by atoms with van der Waals surface area (Å²) < 4.78 is 0. The minimum absolute atomic E-state index is 0.328. The van der Waals surface area contributed by atoms with Gasteiger partial charge in [0.15, 0.2) is 0 Å². The van der Waals surface area contributed by atoms with Crippen molar-refractivity contribution in [2.75, 3.05) is 5.73 Å². The van der Waals surface area contributed by atoms with E-state index in [-0.39, 0.29) is 0 Å². The zero-order valence-electron chi connectivity index (χ0n) is 8.01. The molecule has 0 saturated carbocycles. The summed E-state index contributed by atoms with van der Waals surface area (Å²) in [5, 5.41) is 0. The lowest BCUT2D eigenvalue weighted by Gasteiger charge is -2.23. The van der Waals surface area contributed by atoms with Crippen molar-refractivity contribution in [2.45, 2.75) is 32.2 Å². The van der Waals surface area contributed by atoms with Crippen LogP contribution in [0.1, 0.15) is 23.1 Å². The molecule has 0 aromatic heterocycles. The molecule has 4 N–H and O–H groups in total. The van der Waals surface area contributed by atoms with Crippen molar-refractivity contribution < 1.29 is 0 Å². The van der Waals surface area contributed by atoms with Crippen LogP contribution in [0.15, 0.2) is 12.1 Å². The van der Waals surface area contributed by atoms with Crippen LogP contribution in [0.4, 0.5) is 5.69 Å². The third-order valence-corrected chi connectivity index (χ3v) is 2.92. The van der Waals surface area contributed by atoms with Crippen LogP contribution >= 0.6 is 0 Å². The lowest BCUT2D eigenvalue weighted by atomic mass is 9.86. The minimum Gasteiger partial charge on any atom is -0.398 e. The monoisotopic (exact) mass is 176 g/mol. The van der Waals surface area contributed by atoms with E-state index in [4.69, 9.17) is 11.5 Å². The number of aryl methyl sites for hydroxylation is 1. The van der Waals surface area contributed by atoms with Gasteiger partial charge in [0, 0.05) is 11.7 Å². The Morgan fingerprint density at radius 2 is 2.15 bits per heavy atom. The zero-order valence-corrected chi connectivity index (χ0v) is 8.01. The van der Waals surface area contributed by atoms with Gasteiger partial charge in [-0.25, -0.2) is 0 Å². The van der Waals surface area contributed by atoms with Gasteiger partial charge in [-0.05, 0) is 42.9 Å². The van der Waals surface area contributed by atoms with Crippen molar-refractivity contribution in [3.63, 3.8) is 0 Å². The van der Waals surface area contributed by atoms with Gasteiger partial charge in [0.05, 0.1) is 0 Å². The Morgan fingerprint density at radius 1 is 1.38 bits per heavy atom. The number of fused-ring (bicyclic) bond motifs is 1. The Labute approximate surface area is 78.9 Å². The molecule has 1 aliphatic carbocycles. The SMILES string of the molecule is Cc1ccc2c(c1N)CCC(N)C2. The maximum absolute atomic E-state index is 6.01. The lowest BCUT2D eigenvalue weighted by molar-refractivity contribution is 0.577. The van der Waals surface area contributed by atoms with Crippen molar-refractivity contribution in [1.29, 1.82) is 0 Å². The molecule has 0 bridgehead atoms. The van der Waals surface area contributed by atoms with E-state index in [1.807, 2.05) is 0 Å². The second-order valence-electron chi connectivity index (χ2n) is 3.94. The van der Waals surface area contributed by atoms with Crippen LogP contribution in [-0.4, -0.2) is 6.04 Å². The van der Waals surface area contributed by atoms with Gasteiger partial charge in [0.1, 0.15) is 0 Å². The summed E-state index contributed by atoms with van der Waals surface area (Å²) in [5.41, 5.74) is 16.8. The summed E-state index contributed by atoms with van der Waals surface area (Å²) in [6.07, 6.45) is 3.10. The number of rotatable bonds is 0. The minimum atomic E-state index is 0.328. The molecule has 0 heterocycles. The molecular formula is C11H16N2. The normalized spacial score (nSPS) is 21.2. The van der Waals surface area contributed by atoms with Crippen molar-refractivity contribution in [2.24, 2.45) is 5.73 Å². The number of benzene rings is 1. The number of hydrogen-bond acceptors (Lipinski definition) is 2. The average Bonchev–Trinajstić information content (AvgIpc) is 2.12. The maximum atomic E-state index is 6.01. The molecule has 0 aliphatic heterocycles. The van der Waals surface area contributed by atoms with Gasteiger partial charge in [0.2, 0.25) is 0 Å². The first kappa shape index (κ1) is 8.57. The summed E-state index contributed by atoms with van der Waals surface area (Å²) in [4.78, 5) is 0. The highest BCUT2D eigenvalue weighted by Gasteiger charge is 2.17. The summed E-state index contributed by atoms with van der Waals surface area (Å²) in [7, 11) is 0. The summed E-state index contributed by atoms with van der Waals surface area (Å²) >= 11 is 0. The van der Waals surface area contributed by atoms with Gasteiger partial charge in [0.25, 0.3) is 0 Å². The van der Waals surface area contributed by atoms with E-state index in [1.54, 1.807) is 0 Å². The predicted octanol–water partition coefficient (Wildman–Crippen LogP) is 1.39. The highest BCUT2D eigenvalue weighted by Crippen LogP contribution is 2.27. The first-order valence-corrected chi connectivity index (χ1v) is 4.81. The highest BCUT2D eigenvalue weighted by molar-refractivity contribution is 5.57. The summed E-state index contributed by atoms with van der Waals surface area (Å²) in [6.45, 7) is 2.06. The molecule has 0 amide bonds. The molecule has 70 valence electrons. The van der Waals surface area contributed by atoms with Crippen molar-refractivity contribution in [3.05, 3.63) is 28.8 Å². The van der Waals surface area contributed by atoms with Gasteiger partial charge in [-0.15, -0.1) is 0 Å². The molecule has 0 spiro atoms. The van der Waals surface area contributed by atoms with E-state index in [0.717, 1.165) is 24.9 Å². The zero-order chi connectivity index (χ0) is 9.42. The van der Waals surface area contributed by atoms with Gasteiger partial charge in [-0.1, -0.05) is 12.1 Å². The molecule has 2 heteroatoms. The lowest BCUT2D eigenvalue weighted by Crippen LogP contribution is -2.28. The van der Waals surface area contributed by atoms with Crippen LogP contribution < -0.4 is 11.5 Å². The first-order chi connectivity index (χ1) is 6.18. The molecule has 1 unspecified atom stereocenters. The number of nitrogens with two attached hydrogens (primary N) is 2. The van der Waals surface area contributed by atoms with Gasteiger partial charge in [-0.3, -0.25) is 0 Å². The molecular weight excluding hydrogens is 160 g/mol. The van der Waals surface area contributed by atoms with Crippen LogP contribution in [0.2, 0.25) is 0 Å². The molecule has 0 saturated heterocycles. The summed E-state index contributed by atoms with van der Waals surface area (Å²) in [6, 6.07) is 4.58. The number of anilines is 1. The van der Waals surface area contributed by atoms with Crippen LogP contribution in [0, 0.1) is 6.92 Å². The summed E-state index contributed by atoms with van der Waals surface area (Å²) in [5.74, 6) is 0. The molecule has 1 aromatic carbocycles. The Kier molecular flexibility index (Phi) is 2.00. The molecule has 1 atom stereocenters. The van der Waals surface area contributed by atoms with Crippen LogP contribution in [0.3, 0.4) is 0 Å². The van der Waals surface area contributed by atoms with Gasteiger partial charge in [-0.2, -0.15) is 0 Å². The molecule has 13 heavy (non-hydrogen) atoms. The molecule has 0 fully saturated rings. The Bertz CT molecular complexity index is 331. The highest BCUT2D eigenvalue weighted by atomic mass is 14.6. The molecule has 1 aromatic rings. The molecule has 2 nitrogen and oxygen atoms in total. The van der Waals surface area contributed by atoms with Crippen molar-refractivity contribution in [1.82, 2.24) is 0 Å². The Balaban J connectivity index is 2.47. The van der Waals surface area contributed by atoms with Crippen LogP contribution in [0.25, 0.3) is 0 Å². The van der Waals surface area contributed by atoms with Crippen LogP contribution in [-0.2, 0) is 12.8 Å². The fraction of sp³-hybridized carbons (Fsp3) is 0.455. The van der Waals surface area contributed by atoms with Gasteiger partial charge >= 0.3 is 0 Å². The van der Waals surface area contributed by atoms with E-state index in [2.05, 4.69) is 19.1 Å². The smallest absolute Gasteiger partial charge is 0.0379 e.